The summed E-state index contributed by atoms with van der Waals surface area (Å²) in [5, 5.41) is 0. The summed E-state index contributed by atoms with van der Waals surface area (Å²) in [7, 11) is 0. The summed E-state index contributed by atoms with van der Waals surface area (Å²) in [5.41, 5.74) is 0. The lowest BCUT2D eigenvalue weighted by atomic mass is 10.1. The Balaban J connectivity index is 2.42. The smallest absolute Gasteiger partial charge is 0.303 e. The monoisotopic (exact) mass is 560 g/mol. The van der Waals surface area contributed by atoms with Crippen LogP contribution in [-0.4, -0.2) is 52.4 Å². The van der Waals surface area contributed by atoms with Crippen molar-refractivity contribution < 1.29 is 33.3 Å². The van der Waals surface area contributed by atoms with Crippen LogP contribution in [0.1, 0.15) is 27.0 Å². The molecule has 0 saturated carbocycles. The van der Waals surface area contributed by atoms with E-state index in [-0.39, 0.29) is 6.61 Å². The van der Waals surface area contributed by atoms with Gasteiger partial charge in [-0.2, -0.15) is 0 Å². The van der Waals surface area contributed by atoms with Gasteiger partial charge in [-0.05, 0) is 47.8 Å². The number of halogens is 3. The van der Waals surface area contributed by atoms with E-state index in [0.717, 1.165) is 0 Å². The van der Waals surface area contributed by atoms with E-state index in [2.05, 4.69) is 52.8 Å². The molecule has 0 aromatic carbocycles. The van der Waals surface area contributed by atoms with Gasteiger partial charge in [0, 0.05) is 20.8 Å². The molecule has 9 nitrogen and oxygen atoms in total. The second kappa shape index (κ2) is 8.81. The van der Waals surface area contributed by atoms with Gasteiger partial charge in [-0.25, -0.2) is 4.98 Å². The molecule has 1 saturated heterocycles. The number of nitrogens with zero attached hydrogens (tertiary/aromatic N) is 2. The molecule has 2 rings (SSSR count). The minimum absolute atomic E-state index is 0.174. The van der Waals surface area contributed by atoms with Crippen LogP contribution in [0.5, 0.6) is 0 Å². The van der Waals surface area contributed by atoms with E-state index >= 15 is 0 Å². The summed E-state index contributed by atoms with van der Waals surface area (Å²) < 4.78 is 24.5. The van der Waals surface area contributed by atoms with Gasteiger partial charge in [0.1, 0.15) is 21.9 Å². The fourth-order valence-corrected chi connectivity index (χ4v) is 4.33. The number of aromatic nitrogens is 2. The van der Waals surface area contributed by atoms with E-state index in [0.29, 0.717) is 13.9 Å². The van der Waals surface area contributed by atoms with Gasteiger partial charge in [-0.3, -0.25) is 19.0 Å². The Hall–Kier alpha value is -0.980. The predicted octanol–water partition coefficient (Wildman–Crippen LogP) is 2.49. The molecule has 1 aromatic heterocycles. The van der Waals surface area contributed by atoms with Gasteiger partial charge in [0.15, 0.2) is 23.2 Å². The molecule has 0 spiro atoms. The highest BCUT2D eigenvalue weighted by Crippen LogP contribution is 2.40. The van der Waals surface area contributed by atoms with Crippen molar-refractivity contribution in [1.29, 1.82) is 0 Å². The molecule has 12 heteroatoms. The van der Waals surface area contributed by atoms with E-state index < -0.39 is 42.4 Å². The molecular weight excluding hydrogens is 548 g/mol. The summed E-state index contributed by atoms with van der Waals surface area (Å²) in [6.45, 7) is 3.53. The van der Waals surface area contributed by atoms with E-state index in [1.54, 1.807) is 4.57 Å². The van der Waals surface area contributed by atoms with Crippen LogP contribution < -0.4 is 0 Å². The molecule has 1 fully saturated rings. The van der Waals surface area contributed by atoms with Crippen molar-refractivity contribution in [2.75, 3.05) is 6.61 Å². The predicted molar refractivity (Wildman–Crippen MR) is 97.0 cm³/mol. The van der Waals surface area contributed by atoms with Crippen molar-refractivity contribution in [3.05, 3.63) is 13.9 Å². The van der Waals surface area contributed by atoms with Crippen molar-refractivity contribution in [1.82, 2.24) is 9.55 Å². The minimum atomic E-state index is -0.981. The molecule has 144 valence electrons. The zero-order chi connectivity index (χ0) is 19.6. The third kappa shape index (κ3) is 4.84. The Kier molecular flexibility index (Phi) is 7.22. The van der Waals surface area contributed by atoms with Crippen LogP contribution in [0.2, 0.25) is 0 Å². The second-order valence-corrected chi connectivity index (χ2v) is 7.56. The summed E-state index contributed by atoms with van der Waals surface area (Å²) in [5.74, 6) is -1.69. The van der Waals surface area contributed by atoms with E-state index in [1.165, 1.54) is 20.8 Å². The number of carbonyl (C=O) groups is 3. The molecule has 1 aliphatic rings. The Morgan fingerprint density at radius 1 is 1.04 bits per heavy atom. The molecule has 0 unspecified atom stereocenters. The molecular formula is C14H15Br3N2O7. The minimum Gasteiger partial charge on any atom is -0.463 e. The van der Waals surface area contributed by atoms with Gasteiger partial charge in [-0.1, -0.05) is 0 Å². The van der Waals surface area contributed by atoms with Crippen molar-refractivity contribution in [3.8, 4) is 0 Å². The molecule has 0 bridgehead atoms. The summed E-state index contributed by atoms with van der Waals surface area (Å²) in [4.78, 5) is 38.5. The first-order valence-corrected chi connectivity index (χ1v) is 9.71. The van der Waals surface area contributed by atoms with Crippen LogP contribution in [0.3, 0.4) is 0 Å². The SMILES string of the molecule is CC(=O)OC[C@H]1O[C@@H](n2c(Br)nc(Br)c2Br)[C@H](OC(C)=O)[C@@H]1OC(C)=O. The van der Waals surface area contributed by atoms with Crippen molar-refractivity contribution in [2.24, 2.45) is 0 Å². The quantitative estimate of drug-likeness (QED) is 0.398. The number of carbonyl (C=O) groups excluding carboxylic acids is 3. The fraction of sp³-hybridized carbons (Fsp3) is 0.571. The van der Waals surface area contributed by atoms with Crippen molar-refractivity contribution in [2.45, 2.75) is 45.3 Å². The third-order valence-corrected chi connectivity index (χ3v) is 5.77. The topological polar surface area (TPSA) is 106 Å². The van der Waals surface area contributed by atoms with E-state index in [1.807, 2.05) is 0 Å². The number of rotatable bonds is 5. The van der Waals surface area contributed by atoms with Gasteiger partial charge in [0.25, 0.3) is 0 Å². The molecule has 26 heavy (non-hydrogen) atoms. The first-order chi connectivity index (χ1) is 12.1. The Morgan fingerprint density at radius 3 is 2.08 bits per heavy atom. The maximum absolute atomic E-state index is 11.6. The molecule has 0 N–H and O–H groups in total. The Morgan fingerprint density at radius 2 is 1.62 bits per heavy atom. The molecule has 1 aromatic rings. The van der Waals surface area contributed by atoms with Gasteiger partial charge in [0.2, 0.25) is 0 Å². The van der Waals surface area contributed by atoms with Crippen LogP contribution >= 0.6 is 47.8 Å². The zero-order valence-electron chi connectivity index (χ0n) is 13.9. The van der Waals surface area contributed by atoms with Crippen LogP contribution in [0.25, 0.3) is 0 Å². The number of esters is 3. The molecule has 4 atom stereocenters. The number of ether oxygens (including phenoxy) is 4. The van der Waals surface area contributed by atoms with Crippen molar-refractivity contribution >= 4 is 65.7 Å². The average molecular weight is 563 g/mol. The van der Waals surface area contributed by atoms with Gasteiger partial charge in [-0.15, -0.1) is 0 Å². The zero-order valence-corrected chi connectivity index (χ0v) is 18.7. The first kappa shape index (κ1) is 21.3. The normalized spacial score (nSPS) is 25.0. The second-order valence-electron chi connectivity index (χ2n) is 5.35. The van der Waals surface area contributed by atoms with Gasteiger partial charge < -0.3 is 18.9 Å². The molecule has 2 heterocycles. The lowest BCUT2D eigenvalue weighted by molar-refractivity contribution is -0.166. The highest BCUT2D eigenvalue weighted by molar-refractivity contribution is 9.13. The number of hydrogen-bond acceptors (Lipinski definition) is 8. The Bertz CT molecular complexity index is 724. The highest BCUT2D eigenvalue weighted by atomic mass is 79.9. The van der Waals surface area contributed by atoms with E-state index in [4.69, 9.17) is 18.9 Å². The van der Waals surface area contributed by atoms with Crippen molar-refractivity contribution in [3.63, 3.8) is 0 Å². The molecule has 0 aliphatic carbocycles. The van der Waals surface area contributed by atoms with Gasteiger partial charge in [0.05, 0.1) is 0 Å². The molecule has 0 amide bonds. The maximum Gasteiger partial charge on any atom is 0.303 e. The van der Waals surface area contributed by atoms with E-state index in [9.17, 15) is 14.4 Å². The third-order valence-electron chi connectivity index (χ3n) is 3.37. The van der Waals surface area contributed by atoms with Crippen LogP contribution in [0.15, 0.2) is 13.9 Å². The lowest BCUT2D eigenvalue weighted by Gasteiger charge is -2.24. The Labute approximate surface area is 174 Å². The summed E-state index contributed by atoms with van der Waals surface area (Å²) in [6, 6.07) is 0. The summed E-state index contributed by atoms with van der Waals surface area (Å²) >= 11 is 9.95. The largest absolute Gasteiger partial charge is 0.463 e. The van der Waals surface area contributed by atoms with Crippen LogP contribution in [0, 0.1) is 0 Å². The molecule has 0 radical (unpaired) electrons. The fourth-order valence-electron chi connectivity index (χ4n) is 2.48. The van der Waals surface area contributed by atoms with Gasteiger partial charge >= 0.3 is 17.9 Å². The summed E-state index contributed by atoms with van der Waals surface area (Å²) in [6.07, 6.45) is -3.67. The standard InChI is InChI=1S/C14H15Br3N2O7/c1-5(20)23-4-8-9(24-6(2)21)10(25-7(3)22)13(26-8)19-12(16)11(15)18-14(19)17/h8-10,13H,4H2,1-3H3/t8-,9-,10-,13-/m1/s1. The highest BCUT2D eigenvalue weighted by Gasteiger charge is 2.51. The maximum atomic E-state index is 11.6. The number of hydrogen-bond donors (Lipinski definition) is 0. The average Bonchev–Trinajstić information content (AvgIpc) is 2.94. The van der Waals surface area contributed by atoms with Crippen LogP contribution in [-0.2, 0) is 33.3 Å². The lowest BCUT2D eigenvalue weighted by Crippen LogP contribution is -2.40. The number of imidazole rings is 1. The molecule has 1 aliphatic heterocycles. The van der Waals surface area contributed by atoms with Crippen LogP contribution in [0.4, 0.5) is 0 Å². The first-order valence-electron chi connectivity index (χ1n) is 7.33.